The molecule has 0 saturated carbocycles. The number of sulfonamides is 1. The van der Waals surface area contributed by atoms with Gasteiger partial charge in [-0.2, -0.15) is 4.31 Å². The number of carbonyl (C=O) groups excluding carboxylic acids is 1. The van der Waals surface area contributed by atoms with Gasteiger partial charge in [-0.15, -0.1) is 0 Å². The van der Waals surface area contributed by atoms with Gasteiger partial charge in [-0.05, 0) is 49.2 Å². The molecule has 3 rings (SSSR count). The van der Waals surface area contributed by atoms with Crippen LogP contribution in [0.4, 0.5) is 10.1 Å². The number of benzene rings is 2. The molecule has 6 nitrogen and oxygen atoms in total. The third kappa shape index (κ3) is 4.45. The summed E-state index contributed by atoms with van der Waals surface area (Å²) in [6.45, 7) is 0.320. The molecule has 0 radical (unpaired) electrons. The molecule has 1 heterocycles. The monoisotopic (exact) mass is 426 g/mol. The molecule has 1 atom stereocenters. The Kier molecular flexibility index (Phi) is 6.22. The highest BCUT2D eigenvalue weighted by Gasteiger charge is 2.35. The Hall–Kier alpha value is -2.16. The lowest BCUT2D eigenvalue weighted by molar-refractivity contribution is -0.120. The van der Waals surface area contributed by atoms with Gasteiger partial charge in [0.25, 0.3) is 0 Å². The largest absolute Gasteiger partial charge is 0.495 e. The SMILES string of the molecule is COc1ccc(Cl)cc1S(=O)(=O)N1CCC[C@H](C(=O)Nc2cccc(F)c2)C1. The van der Waals surface area contributed by atoms with Crippen molar-refractivity contribution in [1.82, 2.24) is 4.31 Å². The fourth-order valence-corrected chi connectivity index (χ4v) is 5.12. The minimum absolute atomic E-state index is 0.0269. The minimum atomic E-state index is -3.89. The van der Waals surface area contributed by atoms with Gasteiger partial charge >= 0.3 is 0 Å². The zero-order chi connectivity index (χ0) is 20.3. The number of piperidine rings is 1. The highest BCUT2D eigenvalue weighted by atomic mass is 35.5. The lowest BCUT2D eigenvalue weighted by Gasteiger charge is -2.31. The average Bonchev–Trinajstić information content (AvgIpc) is 2.68. The van der Waals surface area contributed by atoms with Crippen LogP contribution < -0.4 is 10.1 Å². The second-order valence-electron chi connectivity index (χ2n) is 6.50. The number of methoxy groups -OCH3 is 1. The molecule has 1 amide bonds. The summed E-state index contributed by atoms with van der Waals surface area (Å²) in [6, 6.07) is 9.95. The standard InChI is InChI=1S/C19H20ClFN2O4S/c1-27-17-8-7-14(20)10-18(17)28(25,26)23-9-3-4-13(12-23)19(24)22-16-6-2-5-15(21)11-16/h2,5-8,10-11,13H,3-4,9,12H2,1H3,(H,22,24)/t13-/m0/s1. The van der Waals surface area contributed by atoms with Crippen molar-refractivity contribution < 1.29 is 22.3 Å². The van der Waals surface area contributed by atoms with Crippen molar-refractivity contribution in [3.05, 3.63) is 53.3 Å². The van der Waals surface area contributed by atoms with Crippen molar-refractivity contribution in [3.63, 3.8) is 0 Å². The summed E-state index contributed by atoms with van der Waals surface area (Å²) in [7, 11) is -2.51. The van der Waals surface area contributed by atoms with Crippen LogP contribution in [-0.4, -0.2) is 38.8 Å². The van der Waals surface area contributed by atoms with Gasteiger partial charge in [-0.1, -0.05) is 17.7 Å². The number of ether oxygens (including phenoxy) is 1. The van der Waals surface area contributed by atoms with Crippen LogP contribution in [0.3, 0.4) is 0 Å². The molecule has 0 bridgehead atoms. The van der Waals surface area contributed by atoms with Gasteiger partial charge in [0.1, 0.15) is 16.5 Å². The van der Waals surface area contributed by atoms with E-state index in [0.29, 0.717) is 25.1 Å². The molecule has 1 saturated heterocycles. The second kappa shape index (κ2) is 8.46. The van der Waals surface area contributed by atoms with E-state index in [4.69, 9.17) is 16.3 Å². The lowest BCUT2D eigenvalue weighted by Crippen LogP contribution is -2.43. The van der Waals surface area contributed by atoms with E-state index in [9.17, 15) is 17.6 Å². The molecule has 0 unspecified atom stereocenters. The maximum absolute atomic E-state index is 13.3. The fourth-order valence-electron chi connectivity index (χ4n) is 3.18. The van der Waals surface area contributed by atoms with Crippen molar-refractivity contribution in [2.45, 2.75) is 17.7 Å². The third-order valence-corrected chi connectivity index (χ3v) is 6.71. The molecule has 150 valence electrons. The molecule has 1 fully saturated rings. The first-order chi connectivity index (χ1) is 13.3. The van der Waals surface area contributed by atoms with E-state index in [1.54, 1.807) is 12.1 Å². The predicted octanol–water partition coefficient (Wildman–Crippen LogP) is 3.53. The molecule has 1 aliphatic rings. The summed E-state index contributed by atoms with van der Waals surface area (Å²) >= 11 is 5.97. The van der Waals surface area contributed by atoms with Gasteiger partial charge in [0.05, 0.1) is 13.0 Å². The lowest BCUT2D eigenvalue weighted by atomic mass is 9.99. The average molecular weight is 427 g/mol. The van der Waals surface area contributed by atoms with Gasteiger partial charge in [0.15, 0.2) is 0 Å². The molecule has 1 N–H and O–H groups in total. The van der Waals surface area contributed by atoms with Gasteiger partial charge in [0, 0.05) is 23.8 Å². The first-order valence-corrected chi connectivity index (χ1v) is 10.5. The molecule has 0 aliphatic carbocycles. The Morgan fingerprint density at radius 1 is 1.29 bits per heavy atom. The topological polar surface area (TPSA) is 75.7 Å². The van der Waals surface area contributed by atoms with E-state index in [2.05, 4.69) is 5.32 Å². The molecule has 0 spiro atoms. The van der Waals surface area contributed by atoms with E-state index >= 15 is 0 Å². The number of anilines is 1. The third-order valence-electron chi connectivity index (χ3n) is 4.59. The fraction of sp³-hybridized carbons (Fsp3) is 0.316. The van der Waals surface area contributed by atoms with E-state index in [-0.39, 0.29) is 28.1 Å². The van der Waals surface area contributed by atoms with E-state index in [1.807, 2.05) is 0 Å². The maximum Gasteiger partial charge on any atom is 0.246 e. The number of amides is 1. The van der Waals surface area contributed by atoms with Crippen LogP contribution in [0.25, 0.3) is 0 Å². The van der Waals surface area contributed by atoms with Crippen molar-refractivity contribution in [2.24, 2.45) is 5.92 Å². The molecule has 2 aromatic rings. The zero-order valence-electron chi connectivity index (χ0n) is 15.2. The number of nitrogens with zero attached hydrogens (tertiary/aromatic N) is 1. The van der Waals surface area contributed by atoms with Gasteiger partial charge < -0.3 is 10.1 Å². The second-order valence-corrected chi connectivity index (χ2v) is 8.84. The van der Waals surface area contributed by atoms with Crippen LogP contribution in [-0.2, 0) is 14.8 Å². The van der Waals surface area contributed by atoms with Gasteiger partial charge in [-0.3, -0.25) is 4.79 Å². The number of nitrogens with one attached hydrogen (secondary N) is 1. The Balaban J connectivity index is 1.79. The molecule has 9 heteroatoms. The number of rotatable bonds is 5. The smallest absolute Gasteiger partial charge is 0.246 e. The van der Waals surface area contributed by atoms with Crippen molar-refractivity contribution in [2.75, 3.05) is 25.5 Å². The predicted molar refractivity (Wildman–Crippen MR) is 105 cm³/mol. The Labute approximate surface area is 168 Å². The van der Waals surface area contributed by atoms with Gasteiger partial charge in [-0.25, -0.2) is 12.8 Å². The molecule has 0 aromatic heterocycles. The summed E-state index contributed by atoms with van der Waals surface area (Å²) in [5.41, 5.74) is 0.335. The van der Waals surface area contributed by atoms with Crippen LogP contribution in [0, 0.1) is 11.7 Å². The van der Waals surface area contributed by atoms with Crippen LogP contribution in [0.15, 0.2) is 47.4 Å². The Morgan fingerprint density at radius 2 is 2.07 bits per heavy atom. The van der Waals surface area contributed by atoms with Crippen LogP contribution in [0.5, 0.6) is 5.75 Å². The maximum atomic E-state index is 13.3. The number of hydrogen-bond acceptors (Lipinski definition) is 4. The first kappa shape index (κ1) is 20.6. The quantitative estimate of drug-likeness (QED) is 0.793. The zero-order valence-corrected chi connectivity index (χ0v) is 16.8. The summed E-state index contributed by atoms with van der Waals surface area (Å²) in [5, 5.41) is 2.92. The Bertz CT molecular complexity index is 984. The van der Waals surface area contributed by atoms with Crippen molar-refractivity contribution >= 4 is 33.2 Å². The molecule has 1 aliphatic heterocycles. The van der Waals surface area contributed by atoms with Gasteiger partial charge in [0.2, 0.25) is 15.9 Å². The van der Waals surface area contributed by atoms with Crippen molar-refractivity contribution in [1.29, 1.82) is 0 Å². The van der Waals surface area contributed by atoms with E-state index in [1.165, 1.54) is 41.7 Å². The molecule has 2 aromatic carbocycles. The summed E-state index contributed by atoms with van der Waals surface area (Å²) < 4.78 is 45.9. The number of carbonyl (C=O) groups is 1. The highest BCUT2D eigenvalue weighted by Crippen LogP contribution is 2.32. The Morgan fingerprint density at radius 3 is 2.79 bits per heavy atom. The first-order valence-electron chi connectivity index (χ1n) is 8.71. The van der Waals surface area contributed by atoms with Crippen LogP contribution in [0.1, 0.15) is 12.8 Å². The van der Waals surface area contributed by atoms with Crippen LogP contribution >= 0.6 is 11.6 Å². The molecular weight excluding hydrogens is 407 g/mol. The highest BCUT2D eigenvalue weighted by molar-refractivity contribution is 7.89. The normalized spacial score (nSPS) is 17.9. The number of halogens is 2. The summed E-state index contributed by atoms with van der Waals surface area (Å²) in [4.78, 5) is 12.5. The summed E-state index contributed by atoms with van der Waals surface area (Å²) in [6.07, 6.45) is 1.07. The minimum Gasteiger partial charge on any atom is -0.495 e. The van der Waals surface area contributed by atoms with E-state index < -0.39 is 21.8 Å². The van der Waals surface area contributed by atoms with E-state index in [0.717, 1.165) is 0 Å². The van der Waals surface area contributed by atoms with Crippen LogP contribution in [0.2, 0.25) is 5.02 Å². The summed E-state index contributed by atoms with van der Waals surface area (Å²) in [5.74, 6) is -1.16. The molecular formula is C19H20ClFN2O4S. The molecule has 28 heavy (non-hydrogen) atoms. The number of hydrogen-bond donors (Lipinski definition) is 1. The van der Waals surface area contributed by atoms with Crippen molar-refractivity contribution in [3.8, 4) is 5.75 Å².